The van der Waals surface area contributed by atoms with Crippen molar-refractivity contribution in [3.8, 4) is 11.5 Å². The van der Waals surface area contributed by atoms with E-state index in [-0.39, 0.29) is 53.6 Å². The molecule has 2 saturated carbocycles. The summed E-state index contributed by atoms with van der Waals surface area (Å²) in [6.45, 7) is 10.9. The summed E-state index contributed by atoms with van der Waals surface area (Å²) in [4.78, 5) is 24.6. The molecule has 1 atom stereocenters. The number of carbonyl (C=O) groups is 2. The summed E-state index contributed by atoms with van der Waals surface area (Å²) in [5.74, 6) is 0.636. The van der Waals surface area contributed by atoms with E-state index in [1.807, 2.05) is 31.2 Å². The fourth-order valence-electron chi connectivity index (χ4n) is 5.98. The van der Waals surface area contributed by atoms with Gasteiger partial charge < -0.3 is 14.2 Å². The van der Waals surface area contributed by atoms with Crippen LogP contribution in [0.5, 0.6) is 0 Å². The molecule has 0 radical (unpaired) electrons. The van der Waals surface area contributed by atoms with Crippen molar-refractivity contribution in [1.82, 2.24) is 10.3 Å². The number of aromatic nitrogens is 2. The first kappa shape index (κ1) is 26.7. The Morgan fingerprint density at radius 2 is 1.82 bits per heavy atom. The molecule has 2 heterocycles. The SMILES string of the molecule is Cc1ccc(CC(=O)C[C@H](CCC(=O)O)c2noc(-c3cc(C4C(C)(C)C4(C)C)on3)c2C2CC2)c(Cl)c1. The molecule has 202 valence electrons. The van der Waals surface area contributed by atoms with Gasteiger partial charge in [-0.2, -0.15) is 0 Å². The van der Waals surface area contributed by atoms with Crippen molar-refractivity contribution < 1.29 is 23.7 Å². The van der Waals surface area contributed by atoms with Crippen molar-refractivity contribution >= 4 is 23.4 Å². The normalized spacial score (nSPS) is 18.9. The minimum Gasteiger partial charge on any atom is -0.481 e. The Balaban J connectivity index is 1.42. The van der Waals surface area contributed by atoms with Gasteiger partial charge in [-0.1, -0.05) is 61.7 Å². The maximum atomic E-state index is 13.2. The first-order valence-corrected chi connectivity index (χ1v) is 13.7. The quantitative estimate of drug-likeness (QED) is 0.270. The van der Waals surface area contributed by atoms with Crippen molar-refractivity contribution in [3.63, 3.8) is 0 Å². The van der Waals surface area contributed by atoms with Gasteiger partial charge in [0.1, 0.15) is 11.5 Å². The van der Waals surface area contributed by atoms with Crippen LogP contribution < -0.4 is 0 Å². The van der Waals surface area contributed by atoms with E-state index in [4.69, 9.17) is 20.6 Å². The lowest BCUT2D eigenvalue weighted by Crippen LogP contribution is -2.13. The lowest BCUT2D eigenvalue weighted by molar-refractivity contribution is -0.137. The summed E-state index contributed by atoms with van der Waals surface area (Å²) < 4.78 is 11.7. The molecule has 3 aromatic rings. The minimum atomic E-state index is -0.906. The molecule has 1 N–H and O–H groups in total. The Bertz CT molecular complexity index is 1370. The van der Waals surface area contributed by atoms with Crippen LogP contribution in [0.15, 0.2) is 33.3 Å². The van der Waals surface area contributed by atoms with E-state index in [0.717, 1.165) is 35.3 Å². The Morgan fingerprint density at radius 1 is 1.11 bits per heavy atom. The van der Waals surface area contributed by atoms with Crippen LogP contribution in [0, 0.1) is 17.8 Å². The monoisotopic (exact) mass is 538 g/mol. The number of aryl methyl sites for hydroxylation is 1. The second-order valence-corrected chi connectivity index (χ2v) is 12.6. The summed E-state index contributed by atoms with van der Waals surface area (Å²) in [5.41, 5.74) is 4.23. The Hall–Kier alpha value is -2.93. The van der Waals surface area contributed by atoms with Gasteiger partial charge in [-0.3, -0.25) is 9.59 Å². The highest BCUT2D eigenvalue weighted by molar-refractivity contribution is 6.31. The second-order valence-electron chi connectivity index (χ2n) is 12.2. The van der Waals surface area contributed by atoms with Crippen LogP contribution >= 0.6 is 11.6 Å². The Kier molecular flexibility index (Phi) is 6.79. The first-order valence-electron chi connectivity index (χ1n) is 13.3. The zero-order valence-corrected chi connectivity index (χ0v) is 23.4. The van der Waals surface area contributed by atoms with Gasteiger partial charge in [0.25, 0.3) is 0 Å². The Morgan fingerprint density at radius 3 is 2.42 bits per heavy atom. The van der Waals surface area contributed by atoms with E-state index in [0.29, 0.717) is 28.6 Å². The molecule has 7 nitrogen and oxygen atoms in total. The Labute approximate surface area is 227 Å². The van der Waals surface area contributed by atoms with Gasteiger partial charge in [0.15, 0.2) is 11.5 Å². The molecule has 0 spiro atoms. The first-order chi connectivity index (χ1) is 17.9. The molecule has 1 aromatic carbocycles. The molecule has 2 aliphatic carbocycles. The van der Waals surface area contributed by atoms with Crippen molar-refractivity contribution in [2.24, 2.45) is 10.8 Å². The van der Waals surface area contributed by atoms with Gasteiger partial charge in [0.2, 0.25) is 0 Å². The largest absolute Gasteiger partial charge is 0.481 e. The molecule has 0 unspecified atom stereocenters. The number of nitrogens with zero attached hydrogens (tertiary/aromatic N) is 2. The van der Waals surface area contributed by atoms with E-state index < -0.39 is 5.97 Å². The maximum absolute atomic E-state index is 13.2. The van der Waals surface area contributed by atoms with Crippen LogP contribution in [0.2, 0.25) is 5.02 Å². The highest BCUT2D eigenvalue weighted by Gasteiger charge is 2.67. The number of hydrogen-bond donors (Lipinski definition) is 1. The number of aliphatic carboxylic acids is 1. The smallest absolute Gasteiger partial charge is 0.303 e. The fourth-order valence-corrected chi connectivity index (χ4v) is 6.29. The molecule has 2 aliphatic rings. The molecule has 0 aliphatic heterocycles. The van der Waals surface area contributed by atoms with Gasteiger partial charge in [0, 0.05) is 47.8 Å². The molecule has 0 amide bonds. The van der Waals surface area contributed by atoms with E-state index in [1.165, 1.54) is 0 Å². The molecular formula is C30H35ClN2O5. The van der Waals surface area contributed by atoms with E-state index >= 15 is 0 Å². The highest BCUT2D eigenvalue weighted by Crippen LogP contribution is 2.73. The zero-order chi connectivity index (χ0) is 27.4. The molecule has 0 bridgehead atoms. The summed E-state index contributed by atoms with van der Waals surface area (Å²) in [7, 11) is 0. The molecule has 8 heteroatoms. The number of ketones is 1. The van der Waals surface area contributed by atoms with Gasteiger partial charge in [-0.05, 0) is 60.1 Å². The molecule has 2 fully saturated rings. The van der Waals surface area contributed by atoms with Gasteiger partial charge in [-0.25, -0.2) is 0 Å². The summed E-state index contributed by atoms with van der Waals surface area (Å²) in [6, 6.07) is 7.60. The summed E-state index contributed by atoms with van der Waals surface area (Å²) in [6.07, 6.45) is 2.57. The summed E-state index contributed by atoms with van der Waals surface area (Å²) in [5, 5.41) is 18.7. The highest BCUT2D eigenvalue weighted by atomic mass is 35.5. The number of benzene rings is 1. The third kappa shape index (κ3) is 4.93. The standard InChI is InChI=1S/C30H35ClN2O5/c1-16-6-7-18(21(31)12-16)13-20(34)14-19(10-11-24(35)36)26-25(17-8-9-17)27(38-33-26)22-15-23(37-32-22)28-29(2,3)30(28,4)5/h6-7,12,15,17,19,28H,8-11,13-14H2,1-5H3,(H,35,36)/t19-/m0/s1. The van der Waals surface area contributed by atoms with E-state index in [9.17, 15) is 14.7 Å². The predicted molar refractivity (Wildman–Crippen MR) is 143 cm³/mol. The topological polar surface area (TPSA) is 106 Å². The average molecular weight is 539 g/mol. The number of Topliss-reactive ketones (excluding diaryl/α,β-unsaturated/α-hetero) is 1. The number of carboxylic acid groups (broad SMARTS) is 1. The van der Waals surface area contributed by atoms with Gasteiger partial charge in [0.05, 0.1) is 5.69 Å². The second kappa shape index (κ2) is 9.67. The van der Waals surface area contributed by atoms with Crippen LogP contribution in [-0.4, -0.2) is 27.2 Å². The predicted octanol–water partition coefficient (Wildman–Crippen LogP) is 7.47. The summed E-state index contributed by atoms with van der Waals surface area (Å²) >= 11 is 6.37. The molecule has 0 saturated heterocycles. The zero-order valence-electron chi connectivity index (χ0n) is 22.6. The third-order valence-electron chi connectivity index (χ3n) is 8.97. The average Bonchev–Trinajstić information content (AvgIpc) is 3.54. The van der Waals surface area contributed by atoms with Crippen molar-refractivity contribution in [2.75, 3.05) is 0 Å². The lowest BCUT2D eigenvalue weighted by atomic mass is 9.87. The van der Waals surface area contributed by atoms with Crippen molar-refractivity contribution in [1.29, 1.82) is 0 Å². The minimum absolute atomic E-state index is 0.0145. The molecule has 38 heavy (non-hydrogen) atoms. The van der Waals surface area contributed by atoms with Crippen LogP contribution in [0.25, 0.3) is 11.5 Å². The van der Waals surface area contributed by atoms with Crippen molar-refractivity contribution in [3.05, 3.63) is 57.4 Å². The number of carbonyl (C=O) groups excluding carboxylic acids is 1. The number of hydrogen-bond acceptors (Lipinski definition) is 6. The van der Waals surface area contributed by atoms with Crippen molar-refractivity contribution in [2.45, 2.75) is 90.9 Å². The number of halogens is 1. The van der Waals surface area contributed by atoms with E-state index in [2.05, 4.69) is 38.0 Å². The lowest BCUT2D eigenvalue weighted by Gasteiger charge is -2.15. The maximum Gasteiger partial charge on any atom is 0.303 e. The van der Waals surface area contributed by atoms with Gasteiger partial charge in [-0.15, -0.1) is 0 Å². The molecule has 2 aromatic heterocycles. The fraction of sp³-hybridized carbons (Fsp3) is 0.533. The number of rotatable bonds is 11. The van der Waals surface area contributed by atoms with Crippen LogP contribution in [0.3, 0.4) is 0 Å². The van der Waals surface area contributed by atoms with Crippen LogP contribution in [0.4, 0.5) is 0 Å². The van der Waals surface area contributed by atoms with Crippen LogP contribution in [-0.2, 0) is 16.0 Å². The molecular weight excluding hydrogens is 504 g/mol. The van der Waals surface area contributed by atoms with Crippen LogP contribution in [0.1, 0.15) is 106 Å². The van der Waals surface area contributed by atoms with Gasteiger partial charge >= 0.3 is 5.97 Å². The van der Waals surface area contributed by atoms with E-state index in [1.54, 1.807) is 0 Å². The number of carboxylic acids is 1. The molecule has 5 rings (SSSR count). The third-order valence-corrected chi connectivity index (χ3v) is 9.32.